The molecular weight excluding hydrogens is 452 g/mol. The van der Waals surface area contributed by atoms with E-state index in [2.05, 4.69) is 10.6 Å². The number of nitrogens with zero attached hydrogens (tertiary/aromatic N) is 1. The molecule has 4 atom stereocenters. The first-order valence-corrected chi connectivity index (χ1v) is 12.4. The number of rotatable bonds is 15. The second-order valence-electron chi connectivity index (χ2n) is 7.99. The van der Waals surface area contributed by atoms with Gasteiger partial charge < -0.3 is 37.8 Å². The van der Waals surface area contributed by atoms with Crippen molar-refractivity contribution in [3.05, 3.63) is 0 Å². The van der Waals surface area contributed by atoms with E-state index in [9.17, 15) is 29.1 Å². The quantitative estimate of drug-likeness (QED) is 0.142. The summed E-state index contributed by atoms with van der Waals surface area (Å²) in [7, 11) is 0. The lowest BCUT2D eigenvalue weighted by atomic mass is 10.1. The molecule has 9 N–H and O–H groups in total. The van der Waals surface area contributed by atoms with Gasteiger partial charge in [-0.15, -0.1) is 0 Å². The number of unbranched alkanes of at least 4 members (excludes halogenated alkanes) is 1. The minimum Gasteiger partial charge on any atom is -0.480 e. The molecule has 0 aromatic carbocycles. The minimum atomic E-state index is -1.27. The van der Waals surface area contributed by atoms with E-state index in [1.165, 1.54) is 16.7 Å². The van der Waals surface area contributed by atoms with Crippen molar-refractivity contribution in [1.82, 2.24) is 15.5 Å². The van der Waals surface area contributed by atoms with E-state index >= 15 is 0 Å². The van der Waals surface area contributed by atoms with Crippen LogP contribution in [0.5, 0.6) is 0 Å². The van der Waals surface area contributed by atoms with Gasteiger partial charge in [0, 0.05) is 6.54 Å². The normalized spacial score (nSPS) is 18.3. The Morgan fingerprint density at radius 2 is 1.82 bits per heavy atom. The van der Waals surface area contributed by atoms with Gasteiger partial charge in [0.1, 0.15) is 18.1 Å². The molecule has 4 unspecified atom stereocenters. The Hall–Kier alpha value is -2.38. The van der Waals surface area contributed by atoms with E-state index in [0.29, 0.717) is 44.4 Å². The molecule has 12 nitrogen and oxygen atoms in total. The maximum Gasteiger partial charge on any atom is 0.326 e. The minimum absolute atomic E-state index is 0.229. The van der Waals surface area contributed by atoms with Crippen LogP contribution in [0, 0.1) is 0 Å². The van der Waals surface area contributed by atoms with E-state index < -0.39 is 60.2 Å². The molecule has 4 amide bonds. The molecule has 13 heteroatoms. The van der Waals surface area contributed by atoms with Crippen LogP contribution in [0.15, 0.2) is 0 Å². The number of likely N-dealkylation sites (tertiary alicyclic amines) is 1. The Labute approximate surface area is 197 Å². The van der Waals surface area contributed by atoms with Crippen LogP contribution in [0.1, 0.15) is 44.9 Å². The lowest BCUT2D eigenvalue weighted by Gasteiger charge is -2.29. The first-order chi connectivity index (χ1) is 15.6. The smallest absolute Gasteiger partial charge is 0.326 e. The van der Waals surface area contributed by atoms with E-state index in [1.54, 1.807) is 0 Å². The van der Waals surface area contributed by atoms with Crippen LogP contribution in [0.3, 0.4) is 0 Å². The fourth-order valence-electron chi connectivity index (χ4n) is 3.58. The Bertz CT molecular complexity index is 709. The van der Waals surface area contributed by atoms with E-state index in [4.69, 9.17) is 17.2 Å². The third-order valence-corrected chi connectivity index (χ3v) is 6.03. The number of carbonyl (C=O) groups is 5. The van der Waals surface area contributed by atoms with Crippen molar-refractivity contribution < 1.29 is 29.1 Å². The predicted octanol–water partition coefficient (Wildman–Crippen LogP) is -1.88. The molecule has 1 heterocycles. The summed E-state index contributed by atoms with van der Waals surface area (Å²) in [5.41, 5.74) is 16.6. The molecular formula is C20H36N6O6S. The number of primary amides is 1. The van der Waals surface area contributed by atoms with Crippen LogP contribution in [-0.2, 0) is 24.0 Å². The standard InChI is InChI=1S/C20H36N6O6S/c1-33-10-7-13(20(31)32)24-18(29)15-6-4-9-26(15)19(30)14(11-16(23)27)25-17(28)12(22)5-2-3-8-21/h12-15H,2-11,21-22H2,1H3,(H2,23,27)(H,24,29)(H,25,28)(H,31,32). The zero-order valence-electron chi connectivity index (χ0n) is 19.0. The maximum absolute atomic E-state index is 13.2. The van der Waals surface area contributed by atoms with Gasteiger partial charge in [0.05, 0.1) is 12.5 Å². The Morgan fingerprint density at radius 1 is 1.12 bits per heavy atom. The molecule has 0 aromatic rings. The molecule has 188 valence electrons. The van der Waals surface area contributed by atoms with Gasteiger partial charge in [0.25, 0.3) is 0 Å². The largest absolute Gasteiger partial charge is 0.480 e. The average Bonchev–Trinajstić information content (AvgIpc) is 3.25. The highest BCUT2D eigenvalue weighted by Gasteiger charge is 2.39. The molecule has 33 heavy (non-hydrogen) atoms. The van der Waals surface area contributed by atoms with E-state index in [1.807, 2.05) is 6.26 Å². The fraction of sp³-hybridized carbons (Fsp3) is 0.750. The van der Waals surface area contributed by atoms with Crippen LogP contribution in [-0.4, -0.2) is 88.9 Å². The second-order valence-corrected chi connectivity index (χ2v) is 8.98. The lowest BCUT2D eigenvalue weighted by molar-refractivity contribution is -0.145. The van der Waals surface area contributed by atoms with E-state index in [-0.39, 0.29) is 13.0 Å². The van der Waals surface area contributed by atoms with Crippen LogP contribution >= 0.6 is 11.8 Å². The molecule has 1 rings (SSSR count). The van der Waals surface area contributed by atoms with Crippen molar-refractivity contribution in [3.63, 3.8) is 0 Å². The van der Waals surface area contributed by atoms with Crippen molar-refractivity contribution >= 4 is 41.4 Å². The number of carboxylic acids is 1. The van der Waals surface area contributed by atoms with Crippen LogP contribution in [0.25, 0.3) is 0 Å². The SMILES string of the molecule is CSCCC(NC(=O)C1CCCN1C(=O)C(CC(N)=O)NC(=O)C(N)CCCCN)C(=O)O. The Morgan fingerprint density at radius 3 is 2.39 bits per heavy atom. The predicted molar refractivity (Wildman–Crippen MR) is 124 cm³/mol. The number of aliphatic carboxylic acids is 1. The van der Waals surface area contributed by atoms with Gasteiger partial charge in [-0.05, 0) is 50.7 Å². The van der Waals surface area contributed by atoms with Crippen molar-refractivity contribution in [2.45, 2.75) is 69.1 Å². The molecule has 1 fully saturated rings. The number of nitrogens with one attached hydrogen (secondary N) is 2. The zero-order chi connectivity index (χ0) is 25.0. The van der Waals surface area contributed by atoms with Gasteiger partial charge >= 0.3 is 5.97 Å². The van der Waals surface area contributed by atoms with Crippen LogP contribution in [0.2, 0.25) is 0 Å². The van der Waals surface area contributed by atoms with Crippen molar-refractivity contribution in [3.8, 4) is 0 Å². The molecule has 1 aliphatic rings. The Kier molecular flexibility index (Phi) is 12.8. The highest BCUT2D eigenvalue weighted by Crippen LogP contribution is 2.20. The summed E-state index contributed by atoms with van der Waals surface area (Å²) >= 11 is 1.46. The number of carboxylic acid groups (broad SMARTS) is 1. The maximum atomic E-state index is 13.2. The third kappa shape index (κ3) is 9.56. The van der Waals surface area contributed by atoms with Gasteiger partial charge in [0.15, 0.2) is 0 Å². The monoisotopic (exact) mass is 488 g/mol. The van der Waals surface area contributed by atoms with Crippen LogP contribution in [0.4, 0.5) is 0 Å². The topological polar surface area (TPSA) is 211 Å². The van der Waals surface area contributed by atoms with E-state index in [0.717, 1.165) is 0 Å². The molecule has 0 aromatic heterocycles. The second kappa shape index (κ2) is 14.7. The number of thioether (sulfide) groups is 1. The summed E-state index contributed by atoms with van der Waals surface area (Å²) in [6.07, 6.45) is 4.17. The van der Waals surface area contributed by atoms with Crippen molar-refractivity contribution in [1.29, 1.82) is 0 Å². The molecule has 1 aliphatic heterocycles. The molecule has 0 bridgehead atoms. The van der Waals surface area contributed by atoms with Gasteiger partial charge in [-0.25, -0.2) is 4.79 Å². The first-order valence-electron chi connectivity index (χ1n) is 11.0. The van der Waals surface area contributed by atoms with Crippen molar-refractivity contribution in [2.75, 3.05) is 25.1 Å². The summed E-state index contributed by atoms with van der Waals surface area (Å²) in [5, 5.41) is 14.3. The average molecular weight is 489 g/mol. The van der Waals surface area contributed by atoms with Crippen LogP contribution < -0.4 is 27.8 Å². The lowest BCUT2D eigenvalue weighted by Crippen LogP contribution is -2.57. The van der Waals surface area contributed by atoms with Gasteiger partial charge in [0.2, 0.25) is 23.6 Å². The zero-order valence-corrected chi connectivity index (χ0v) is 19.8. The molecule has 0 saturated carbocycles. The number of nitrogens with two attached hydrogens (primary N) is 3. The summed E-state index contributed by atoms with van der Waals surface area (Å²) in [4.78, 5) is 62.6. The summed E-state index contributed by atoms with van der Waals surface area (Å²) in [6.45, 7) is 0.697. The summed E-state index contributed by atoms with van der Waals surface area (Å²) in [5.74, 6) is -3.23. The fourth-order valence-corrected chi connectivity index (χ4v) is 4.06. The molecule has 0 spiro atoms. The number of hydrogen-bond donors (Lipinski definition) is 6. The summed E-state index contributed by atoms with van der Waals surface area (Å²) < 4.78 is 0. The van der Waals surface area contributed by atoms with Gasteiger partial charge in [-0.3, -0.25) is 19.2 Å². The molecule has 1 saturated heterocycles. The number of amides is 4. The Balaban J connectivity index is 2.88. The third-order valence-electron chi connectivity index (χ3n) is 5.39. The van der Waals surface area contributed by atoms with Gasteiger partial charge in [-0.1, -0.05) is 6.42 Å². The van der Waals surface area contributed by atoms with Gasteiger partial charge in [-0.2, -0.15) is 11.8 Å². The number of hydrogen-bond acceptors (Lipinski definition) is 8. The highest BCUT2D eigenvalue weighted by atomic mass is 32.2. The van der Waals surface area contributed by atoms with Crippen molar-refractivity contribution in [2.24, 2.45) is 17.2 Å². The molecule has 0 radical (unpaired) electrons. The highest BCUT2D eigenvalue weighted by molar-refractivity contribution is 7.98. The number of carbonyl (C=O) groups excluding carboxylic acids is 4. The first kappa shape index (κ1) is 28.7. The summed E-state index contributed by atoms with van der Waals surface area (Å²) in [6, 6.07) is -4.13. The molecule has 0 aliphatic carbocycles.